The van der Waals surface area contributed by atoms with Crippen molar-refractivity contribution >= 4 is 23.4 Å². The minimum atomic E-state index is -0.591. The van der Waals surface area contributed by atoms with Gasteiger partial charge in [0, 0.05) is 29.9 Å². The number of hydrogen-bond acceptors (Lipinski definition) is 2. The Kier molecular flexibility index (Phi) is 8.27. The summed E-state index contributed by atoms with van der Waals surface area (Å²) in [5.41, 5.74) is 1.58. The van der Waals surface area contributed by atoms with Crippen molar-refractivity contribution in [2.75, 3.05) is 0 Å². The summed E-state index contributed by atoms with van der Waals surface area (Å²) in [6.07, 6.45) is 1.60. The summed E-state index contributed by atoms with van der Waals surface area (Å²) in [5, 5.41) is 3.70. The van der Waals surface area contributed by atoms with Crippen LogP contribution in [0.25, 0.3) is 0 Å². The van der Waals surface area contributed by atoms with Gasteiger partial charge in [0.15, 0.2) is 0 Å². The third-order valence-corrected chi connectivity index (χ3v) is 4.75. The van der Waals surface area contributed by atoms with Gasteiger partial charge < -0.3 is 10.2 Å². The molecule has 1 N–H and O–H groups in total. The molecule has 0 spiro atoms. The van der Waals surface area contributed by atoms with Gasteiger partial charge in [0.25, 0.3) is 0 Å². The second-order valence-corrected chi connectivity index (χ2v) is 8.78. The number of amides is 2. The zero-order valence-corrected chi connectivity index (χ0v) is 18.5. The van der Waals surface area contributed by atoms with Gasteiger partial charge in [-0.05, 0) is 50.5 Å². The number of nitrogens with zero attached hydrogens (tertiary/aromatic N) is 1. The molecule has 0 heterocycles. The van der Waals surface area contributed by atoms with Crippen LogP contribution in [0, 0.1) is 0 Å². The van der Waals surface area contributed by atoms with E-state index in [1.165, 1.54) is 0 Å². The third-order valence-electron chi connectivity index (χ3n) is 4.50. The molecule has 156 valence electrons. The first-order valence-corrected chi connectivity index (χ1v) is 10.5. The highest BCUT2D eigenvalue weighted by Gasteiger charge is 2.31. The van der Waals surface area contributed by atoms with Crippen molar-refractivity contribution in [3.05, 3.63) is 70.7 Å². The summed E-state index contributed by atoms with van der Waals surface area (Å²) in [6.45, 7) is 8.18. The number of carbonyl (C=O) groups is 2. The molecule has 2 aromatic carbocycles. The fourth-order valence-electron chi connectivity index (χ4n) is 3.15. The molecular weight excluding hydrogens is 384 g/mol. The van der Waals surface area contributed by atoms with Gasteiger partial charge in [-0.25, -0.2) is 0 Å². The van der Waals surface area contributed by atoms with Crippen molar-refractivity contribution in [2.45, 2.75) is 65.1 Å². The molecule has 0 fully saturated rings. The van der Waals surface area contributed by atoms with E-state index in [1.54, 1.807) is 17.0 Å². The molecular formula is C24H31ClN2O2. The molecule has 0 aliphatic carbocycles. The summed E-state index contributed by atoms with van der Waals surface area (Å²) in [4.78, 5) is 28.0. The van der Waals surface area contributed by atoms with Gasteiger partial charge >= 0.3 is 0 Å². The molecule has 0 aliphatic heterocycles. The van der Waals surface area contributed by atoms with E-state index < -0.39 is 6.04 Å². The van der Waals surface area contributed by atoms with Gasteiger partial charge in [-0.2, -0.15) is 0 Å². The summed E-state index contributed by atoms with van der Waals surface area (Å²) >= 11 is 6.01. The van der Waals surface area contributed by atoms with Gasteiger partial charge in [0.05, 0.1) is 0 Å². The van der Waals surface area contributed by atoms with Crippen LogP contribution in [0.2, 0.25) is 5.02 Å². The number of carbonyl (C=O) groups excluding carboxylic acids is 2. The van der Waals surface area contributed by atoms with Crippen LogP contribution in [0.1, 0.15) is 51.7 Å². The molecule has 1 atom stereocenters. The molecule has 0 unspecified atom stereocenters. The molecule has 2 amide bonds. The Morgan fingerprint density at radius 2 is 1.62 bits per heavy atom. The first-order valence-electron chi connectivity index (χ1n) is 10.1. The summed E-state index contributed by atoms with van der Waals surface area (Å²) in [5.74, 6) is -0.160. The molecule has 0 aliphatic rings. The SMILES string of the molecule is CCCC(=O)N(Cc1ccc(Cl)cc1)[C@H](Cc1ccccc1)C(=O)NC(C)(C)C. The number of hydrogen-bond donors (Lipinski definition) is 1. The lowest BCUT2D eigenvalue weighted by atomic mass is 10.00. The molecule has 0 radical (unpaired) electrons. The Morgan fingerprint density at radius 3 is 2.17 bits per heavy atom. The zero-order valence-electron chi connectivity index (χ0n) is 17.7. The largest absolute Gasteiger partial charge is 0.350 e. The van der Waals surface area contributed by atoms with Gasteiger partial charge in [0.2, 0.25) is 11.8 Å². The van der Waals surface area contributed by atoms with E-state index in [1.807, 2.05) is 70.2 Å². The maximum atomic E-state index is 13.2. The first kappa shape index (κ1) is 23.0. The summed E-state index contributed by atoms with van der Waals surface area (Å²) < 4.78 is 0. The Hall–Kier alpha value is -2.33. The Labute approximate surface area is 179 Å². The lowest BCUT2D eigenvalue weighted by Gasteiger charge is -2.34. The van der Waals surface area contributed by atoms with E-state index in [9.17, 15) is 9.59 Å². The second kappa shape index (κ2) is 10.4. The monoisotopic (exact) mass is 414 g/mol. The number of halogens is 1. The third kappa shape index (κ3) is 7.54. The van der Waals surface area contributed by atoms with Crippen LogP contribution >= 0.6 is 11.6 Å². The maximum Gasteiger partial charge on any atom is 0.243 e. The van der Waals surface area contributed by atoms with Gasteiger partial charge in [-0.15, -0.1) is 0 Å². The predicted octanol–water partition coefficient (Wildman–Crippen LogP) is 4.99. The average molecular weight is 415 g/mol. The van der Waals surface area contributed by atoms with Crippen LogP contribution in [0.3, 0.4) is 0 Å². The quantitative estimate of drug-likeness (QED) is 0.661. The molecule has 29 heavy (non-hydrogen) atoms. The van der Waals surface area contributed by atoms with Crippen molar-refractivity contribution in [3.8, 4) is 0 Å². The Bertz CT molecular complexity index is 798. The first-order chi connectivity index (χ1) is 13.7. The Morgan fingerprint density at radius 1 is 1.00 bits per heavy atom. The highest BCUT2D eigenvalue weighted by atomic mass is 35.5. The summed E-state index contributed by atoms with van der Waals surface area (Å²) in [6, 6.07) is 16.6. The van der Waals surface area contributed by atoms with Crippen molar-refractivity contribution in [3.63, 3.8) is 0 Å². The number of nitrogens with one attached hydrogen (secondary N) is 1. The smallest absolute Gasteiger partial charge is 0.243 e. The van der Waals surface area contributed by atoms with Crippen molar-refractivity contribution in [2.24, 2.45) is 0 Å². The van der Waals surface area contributed by atoms with E-state index in [0.717, 1.165) is 17.5 Å². The van der Waals surface area contributed by atoms with Crippen LogP contribution < -0.4 is 5.32 Å². The Balaban J connectivity index is 2.38. The molecule has 2 aromatic rings. The normalized spacial score (nSPS) is 12.3. The van der Waals surface area contributed by atoms with Crippen LogP contribution in [0.5, 0.6) is 0 Å². The summed E-state index contributed by atoms with van der Waals surface area (Å²) in [7, 11) is 0. The van der Waals surface area contributed by atoms with Crippen LogP contribution in [0.4, 0.5) is 0 Å². The predicted molar refractivity (Wildman–Crippen MR) is 119 cm³/mol. The van der Waals surface area contributed by atoms with E-state index in [-0.39, 0.29) is 17.4 Å². The number of rotatable bonds is 8. The van der Waals surface area contributed by atoms with E-state index in [0.29, 0.717) is 24.4 Å². The van der Waals surface area contributed by atoms with Crippen LogP contribution in [-0.2, 0) is 22.6 Å². The highest BCUT2D eigenvalue weighted by molar-refractivity contribution is 6.30. The van der Waals surface area contributed by atoms with Gasteiger partial charge in [0.1, 0.15) is 6.04 Å². The molecule has 0 saturated heterocycles. The van der Waals surface area contributed by atoms with Crippen molar-refractivity contribution in [1.82, 2.24) is 10.2 Å². The maximum absolute atomic E-state index is 13.2. The molecule has 0 aromatic heterocycles. The zero-order chi connectivity index (χ0) is 21.4. The fourth-order valence-corrected chi connectivity index (χ4v) is 3.28. The van der Waals surface area contributed by atoms with Crippen LogP contribution in [0.15, 0.2) is 54.6 Å². The molecule has 2 rings (SSSR count). The lowest BCUT2D eigenvalue weighted by molar-refractivity contribution is -0.142. The van der Waals surface area contributed by atoms with E-state index in [4.69, 9.17) is 11.6 Å². The topological polar surface area (TPSA) is 49.4 Å². The standard InChI is InChI=1S/C24H31ClN2O2/c1-5-9-22(28)27(17-19-12-14-20(25)15-13-19)21(23(29)26-24(2,3)4)16-18-10-7-6-8-11-18/h6-8,10-15,21H,5,9,16-17H2,1-4H3,(H,26,29)/t21-/m1/s1. The molecule has 0 bridgehead atoms. The van der Waals surface area contributed by atoms with Crippen molar-refractivity contribution in [1.29, 1.82) is 0 Å². The fraction of sp³-hybridized carbons (Fsp3) is 0.417. The van der Waals surface area contributed by atoms with Gasteiger partial charge in [-0.1, -0.05) is 61.0 Å². The number of benzene rings is 2. The second-order valence-electron chi connectivity index (χ2n) is 8.34. The molecule has 4 nitrogen and oxygen atoms in total. The molecule has 0 saturated carbocycles. The molecule has 5 heteroatoms. The van der Waals surface area contributed by atoms with Crippen molar-refractivity contribution < 1.29 is 9.59 Å². The van der Waals surface area contributed by atoms with E-state index in [2.05, 4.69) is 5.32 Å². The average Bonchev–Trinajstić information content (AvgIpc) is 2.65. The van der Waals surface area contributed by atoms with Crippen LogP contribution in [-0.4, -0.2) is 28.3 Å². The van der Waals surface area contributed by atoms with Gasteiger partial charge in [-0.3, -0.25) is 9.59 Å². The lowest BCUT2D eigenvalue weighted by Crippen LogP contribution is -2.54. The minimum absolute atomic E-state index is 0.0209. The van der Waals surface area contributed by atoms with E-state index >= 15 is 0 Å². The highest BCUT2D eigenvalue weighted by Crippen LogP contribution is 2.18. The minimum Gasteiger partial charge on any atom is -0.350 e.